The van der Waals surface area contributed by atoms with E-state index in [1.165, 1.54) is 23.4 Å². The van der Waals surface area contributed by atoms with Crippen LogP contribution in [0.5, 0.6) is 0 Å². The Kier molecular flexibility index (Phi) is 5.01. The van der Waals surface area contributed by atoms with Crippen molar-refractivity contribution in [3.63, 3.8) is 0 Å². The van der Waals surface area contributed by atoms with Crippen LogP contribution in [0.3, 0.4) is 0 Å². The largest absolute Gasteiger partial charge is 0.378 e. The zero-order chi connectivity index (χ0) is 21.3. The third-order valence-corrected chi connectivity index (χ3v) is 5.08. The van der Waals surface area contributed by atoms with Crippen molar-refractivity contribution < 1.29 is 13.9 Å². The van der Waals surface area contributed by atoms with Crippen LogP contribution >= 0.6 is 0 Å². The normalized spacial score (nSPS) is 13.2. The lowest BCUT2D eigenvalue weighted by Gasteiger charge is -2.31. The van der Waals surface area contributed by atoms with Crippen LogP contribution < -0.4 is 0 Å². The molecule has 0 aliphatic rings. The number of rotatable bonds is 6. The average molecular weight is 407 g/mol. The molecule has 8 heteroatoms. The van der Waals surface area contributed by atoms with Crippen LogP contribution in [0.25, 0.3) is 16.8 Å². The van der Waals surface area contributed by atoms with E-state index in [2.05, 4.69) is 21.8 Å². The third-order valence-electron chi connectivity index (χ3n) is 5.08. The molecular formula is C22H19F2N5O. The van der Waals surface area contributed by atoms with E-state index >= 15 is 0 Å². The predicted molar refractivity (Wildman–Crippen MR) is 108 cm³/mol. The minimum atomic E-state index is -1.88. The highest BCUT2D eigenvalue weighted by Gasteiger charge is 2.37. The van der Waals surface area contributed by atoms with Gasteiger partial charge in [0.15, 0.2) is 0 Å². The van der Waals surface area contributed by atoms with Gasteiger partial charge in [-0.05, 0) is 34.9 Å². The first-order valence-corrected chi connectivity index (χ1v) is 9.17. The quantitative estimate of drug-likeness (QED) is 0.531. The molecule has 0 saturated heterocycles. The van der Waals surface area contributed by atoms with E-state index in [0.717, 1.165) is 23.4 Å². The molecule has 0 spiro atoms. The van der Waals surface area contributed by atoms with Crippen molar-refractivity contribution in [3.05, 3.63) is 96.7 Å². The Bertz CT molecular complexity index is 1180. The average Bonchev–Trinajstić information content (AvgIpc) is 3.39. The molecule has 0 saturated carbocycles. The van der Waals surface area contributed by atoms with Crippen molar-refractivity contribution in [1.29, 1.82) is 0 Å². The van der Waals surface area contributed by atoms with Gasteiger partial charge in [0, 0.05) is 24.9 Å². The third kappa shape index (κ3) is 3.53. The number of benzene rings is 2. The molecule has 0 aliphatic carbocycles. The van der Waals surface area contributed by atoms with Crippen LogP contribution in [0.1, 0.15) is 11.1 Å². The summed E-state index contributed by atoms with van der Waals surface area (Å²) in [5, 5.41) is 19.7. The Morgan fingerprint density at radius 2 is 1.87 bits per heavy atom. The molecule has 1 unspecified atom stereocenters. The van der Waals surface area contributed by atoms with Crippen LogP contribution in [0.2, 0.25) is 0 Å². The maximum Gasteiger partial charge on any atom is 0.137 e. The van der Waals surface area contributed by atoms with Gasteiger partial charge in [0.05, 0.1) is 12.2 Å². The topological polar surface area (TPSA) is 68.8 Å². The van der Waals surface area contributed by atoms with E-state index in [0.29, 0.717) is 5.56 Å². The van der Waals surface area contributed by atoms with Crippen molar-refractivity contribution in [2.75, 3.05) is 0 Å². The molecule has 30 heavy (non-hydrogen) atoms. The minimum absolute atomic E-state index is 0.0971. The van der Waals surface area contributed by atoms with Crippen molar-refractivity contribution in [1.82, 2.24) is 24.5 Å². The standard InChI is InChI=1S/C22H19F2N5O/c1-15(16-3-5-17(6-4-16)21-9-10-26-28(21)2)22(30,12-29-14-25-13-27-29)19-8-7-18(23)11-20(19)24/h3-11,13-14,30H,1,12H2,2H3. The lowest BCUT2D eigenvalue weighted by molar-refractivity contribution is 0.0726. The maximum absolute atomic E-state index is 14.6. The Morgan fingerprint density at radius 3 is 2.47 bits per heavy atom. The summed E-state index contributed by atoms with van der Waals surface area (Å²) in [6.45, 7) is 3.90. The number of aromatic nitrogens is 5. The van der Waals surface area contributed by atoms with Gasteiger partial charge >= 0.3 is 0 Å². The summed E-state index contributed by atoms with van der Waals surface area (Å²) in [6.07, 6.45) is 4.43. The van der Waals surface area contributed by atoms with E-state index < -0.39 is 17.2 Å². The lowest BCUT2D eigenvalue weighted by Crippen LogP contribution is -2.34. The smallest absolute Gasteiger partial charge is 0.137 e. The summed E-state index contributed by atoms with van der Waals surface area (Å²) in [6, 6.07) is 12.3. The lowest BCUT2D eigenvalue weighted by atomic mass is 9.82. The molecule has 1 atom stereocenters. The van der Waals surface area contributed by atoms with Crippen LogP contribution in [-0.4, -0.2) is 29.7 Å². The number of aliphatic hydroxyl groups is 1. The van der Waals surface area contributed by atoms with Gasteiger partial charge in [-0.15, -0.1) is 0 Å². The molecular weight excluding hydrogens is 388 g/mol. The summed E-state index contributed by atoms with van der Waals surface area (Å²) in [5.74, 6) is -1.60. The molecule has 0 fully saturated rings. The molecule has 0 aliphatic heterocycles. The van der Waals surface area contributed by atoms with Crippen LogP contribution in [-0.2, 0) is 19.2 Å². The molecule has 152 valence electrons. The molecule has 2 aromatic carbocycles. The highest BCUT2D eigenvalue weighted by atomic mass is 19.1. The van der Waals surface area contributed by atoms with Gasteiger partial charge in [0.25, 0.3) is 0 Å². The molecule has 4 rings (SSSR count). The van der Waals surface area contributed by atoms with Crippen LogP contribution in [0.4, 0.5) is 8.78 Å². The molecule has 6 nitrogen and oxygen atoms in total. The van der Waals surface area contributed by atoms with Gasteiger partial charge < -0.3 is 5.11 Å². The Morgan fingerprint density at radius 1 is 1.10 bits per heavy atom. The summed E-state index contributed by atoms with van der Waals surface area (Å²) in [7, 11) is 1.84. The van der Waals surface area contributed by atoms with Crippen molar-refractivity contribution in [2.45, 2.75) is 12.1 Å². The Hall–Kier alpha value is -3.65. The maximum atomic E-state index is 14.6. The molecule has 1 N–H and O–H groups in total. The molecule has 2 aromatic heterocycles. The monoisotopic (exact) mass is 407 g/mol. The second kappa shape index (κ2) is 7.64. The van der Waals surface area contributed by atoms with Crippen molar-refractivity contribution in [3.8, 4) is 11.3 Å². The second-order valence-corrected chi connectivity index (χ2v) is 6.97. The number of hydrogen-bond donors (Lipinski definition) is 1. The SMILES string of the molecule is C=C(c1ccc(-c2ccnn2C)cc1)C(O)(Cn1cncn1)c1ccc(F)cc1F. The fourth-order valence-corrected chi connectivity index (χ4v) is 3.45. The minimum Gasteiger partial charge on any atom is -0.378 e. The fourth-order valence-electron chi connectivity index (χ4n) is 3.45. The number of hydrogen-bond acceptors (Lipinski definition) is 4. The Balaban J connectivity index is 1.75. The van der Waals surface area contributed by atoms with Crippen molar-refractivity contribution >= 4 is 5.57 Å². The van der Waals surface area contributed by atoms with E-state index in [1.54, 1.807) is 23.0 Å². The van der Waals surface area contributed by atoms with Gasteiger partial charge in [-0.25, -0.2) is 18.4 Å². The first-order valence-electron chi connectivity index (χ1n) is 9.17. The summed E-state index contributed by atoms with van der Waals surface area (Å²) >= 11 is 0. The summed E-state index contributed by atoms with van der Waals surface area (Å²) in [4.78, 5) is 3.87. The van der Waals surface area contributed by atoms with Crippen LogP contribution in [0.15, 0.2) is 74.0 Å². The van der Waals surface area contributed by atoms with Crippen molar-refractivity contribution in [2.24, 2.45) is 7.05 Å². The van der Waals surface area contributed by atoms with Gasteiger partial charge in [0.1, 0.15) is 29.9 Å². The second-order valence-electron chi connectivity index (χ2n) is 6.97. The number of aryl methyl sites for hydroxylation is 1. The van der Waals surface area contributed by atoms with E-state index in [9.17, 15) is 13.9 Å². The van der Waals surface area contributed by atoms with E-state index in [4.69, 9.17) is 0 Å². The van der Waals surface area contributed by atoms with Gasteiger partial charge in [-0.2, -0.15) is 10.2 Å². The molecule has 0 amide bonds. The Labute approximate surface area is 171 Å². The van der Waals surface area contributed by atoms with Gasteiger partial charge in [-0.1, -0.05) is 30.8 Å². The fraction of sp³-hybridized carbons (Fsp3) is 0.136. The predicted octanol–water partition coefficient (Wildman–Crippen LogP) is 3.56. The summed E-state index contributed by atoms with van der Waals surface area (Å²) < 4.78 is 31.2. The van der Waals surface area contributed by atoms with E-state index in [1.807, 2.05) is 25.2 Å². The first kappa shape index (κ1) is 19.7. The molecule has 0 radical (unpaired) electrons. The zero-order valence-electron chi connectivity index (χ0n) is 16.2. The zero-order valence-corrected chi connectivity index (χ0v) is 16.2. The van der Waals surface area contributed by atoms with E-state index in [-0.39, 0.29) is 17.7 Å². The number of nitrogens with zero attached hydrogens (tertiary/aromatic N) is 5. The molecule has 2 heterocycles. The summed E-state index contributed by atoms with van der Waals surface area (Å²) in [5.41, 5.74) is 0.737. The van der Waals surface area contributed by atoms with Gasteiger partial charge in [0.2, 0.25) is 0 Å². The van der Waals surface area contributed by atoms with Gasteiger partial charge in [-0.3, -0.25) is 4.68 Å². The number of halogens is 2. The first-order chi connectivity index (χ1) is 14.4. The van der Waals surface area contributed by atoms with Crippen LogP contribution in [0, 0.1) is 11.6 Å². The molecule has 4 aromatic rings. The molecule has 0 bridgehead atoms. The highest BCUT2D eigenvalue weighted by molar-refractivity contribution is 5.74. The highest BCUT2D eigenvalue weighted by Crippen LogP contribution is 2.38.